The highest BCUT2D eigenvalue weighted by molar-refractivity contribution is 7.92. The minimum Gasteiger partial charge on any atom is -0.306 e. The standard InChI is InChI=1S/C16H15N3O3S/c1-10-9-19(15-5-3-2-4-12(10)15)23(21,22)11-6-7-13-14(8-11)18-16(20)17-13/h2-8,10H,9H2,1H3,(H2,17,18,20). The van der Waals surface area contributed by atoms with Crippen molar-refractivity contribution in [3.8, 4) is 0 Å². The Hall–Kier alpha value is -2.54. The van der Waals surface area contributed by atoms with Crippen LogP contribution in [0.1, 0.15) is 18.4 Å². The molecule has 118 valence electrons. The van der Waals surface area contributed by atoms with Crippen molar-refractivity contribution in [3.63, 3.8) is 0 Å². The van der Waals surface area contributed by atoms with Gasteiger partial charge in [-0.05, 0) is 29.8 Å². The maximum atomic E-state index is 13.0. The molecule has 0 saturated carbocycles. The molecule has 2 heterocycles. The van der Waals surface area contributed by atoms with E-state index < -0.39 is 10.0 Å². The summed E-state index contributed by atoms with van der Waals surface area (Å²) in [6, 6.07) is 12.2. The zero-order valence-corrected chi connectivity index (χ0v) is 13.2. The van der Waals surface area contributed by atoms with Gasteiger partial charge in [0.05, 0.1) is 21.6 Å². The van der Waals surface area contributed by atoms with E-state index in [2.05, 4.69) is 9.97 Å². The quantitative estimate of drug-likeness (QED) is 0.755. The summed E-state index contributed by atoms with van der Waals surface area (Å²) in [5, 5.41) is 0. The summed E-state index contributed by atoms with van der Waals surface area (Å²) < 4.78 is 27.5. The predicted molar refractivity (Wildman–Crippen MR) is 88.3 cm³/mol. The monoisotopic (exact) mass is 329 g/mol. The molecule has 0 spiro atoms. The van der Waals surface area contributed by atoms with Gasteiger partial charge in [-0.3, -0.25) is 4.31 Å². The van der Waals surface area contributed by atoms with Gasteiger partial charge in [0.15, 0.2) is 0 Å². The van der Waals surface area contributed by atoms with E-state index in [1.54, 1.807) is 6.07 Å². The number of H-pyrrole nitrogens is 2. The average Bonchev–Trinajstić information content (AvgIpc) is 3.07. The summed E-state index contributed by atoms with van der Waals surface area (Å²) >= 11 is 0. The van der Waals surface area contributed by atoms with E-state index in [0.29, 0.717) is 17.6 Å². The Kier molecular flexibility index (Phi) is 2.89. The second kappa shape index (κ2) is 4.73. The number of nitrogens with one attached hydrogen (secondary N) is 2. The van der Waals surface area contributed by atoms with E-state index >= 15 is 0 Å². The number of hydrogen-bond donors (Lipinski definition) is 2. The summed E-state index contributed by atoms with van der Waals surface area (Å²) in [5.74, 6) is 0.150. The zero-order valence-electron chi connectivity index (χ0n) is 12.4. The van der Waals surface area contributed by atoms with Crippen LogP contribution in [-0.2, 0) is 10.0 Å². The number of anilines is 1. The van der Waals surface area contributed by atoms with E-state index in [1.165, 1.54) is 16.4 Å². The molecule has 2 aromatic carbocycles. The molecule has 0 fully saturated rings. The van der Waals surface area contributed by atoms with Crippen LogP contribution >= 0.6 is 0 Å². The molecule has 0 aliphatic carbocycles. The fourth-order valence-electron chi connectivity index (χ4n) is 3.10. The van der Waals surface area contributed by atoms with E-state index in [0.717, 1.165) is 11.3 Å². The Balaban J connectivity index is 1.85. The average molecular weight is 329 g/mol. The third-order valence-electron chi connectivity index (χ3n) is 4.25. The number of benzene rings is 2. The minimum absolute atomic E-state index is 0.150. The highest BCUT2D eigenvalue weighted by atomic mass is 32.2. The van der Waals surface area contributed by atoms with Crippen LogP contribution in [0.2, 0.25) is 0 Å². The Morgan fingerprint density at radius 1 is 1.09 bits per heavy atom. The smallest absolute Gasteiger partial charge is 0.306 e. The first-order valence-electron chi connectivity index (χ1n) is 7.30. The Morgan fingerprint density at radius 3 is 2.65 bits per heavy atom. The number of para-hydroxylation sites is 1. The zero-order chi connectivity index (χ0) is 16.2. The topological polar surface area (TPSA) is 86.0 Å². The van der Waals surface area contributed by atoms with Crippen LogP contribution in [0.25, 0.3) is 11.0 Å². The van der Waals surface area contributed by atoms with Gasteiger partial charge in [0.2, 0.25) is 0 Å². The lowest BCUT2D eigenvalue weighted by Crippen LogP contribution is -2.29. The van der Waals surface area contributed by atoms with Gasteiger partial charge in [-0.25, -0.2) is 13.2 Å². The Labute approximate surface area is 132 Å². The number of fused-ring (bicyclic) bond motifs is 2. The molecule has 0 bridgehead atoms. The van der Waals surface area contributed by atoms with E-state index in [4.69, 9.17) is 0 Å². The number of rotatable bonds is 2. The summed E-state index contributed by atoms with van der Waals surface area (Å²) in [4.78, 5) is 16.7. The number of imidazole rings is 1. The molecule has 1 aliphatic heterocycles. The van der Waals surface area contributed by atoms with Crippen LogP contribution in [0.4, 0.5) is 5.69 Å². The molecule has 0 amide bonds. The first-order chi connectivity index (χ1) is 11.0. The summed E-state index contributed by atoms with van der Waals surface area (Å²) in [7, 11) is -3.67. The van der Waals surface area contributed by atoms with Gasteiger partial charge in [0, 0.05) is 12.5 Å². The maximum Gasteiger partial charge on any atom is 0.323 e. The van der Waals surface area contributed by atoms with Crippen LogP contribution in [0.5, 0.6) is 0 Å². The Morgan fingerprint density at radius 2 is 1.83 bits per heavy atom. The van der Waals surface area contributed by atoms with Crippen LogP contribution in [0.3, 0.4) is 0 Å². The van der Waals surface area contributed by atoms with Gasteiger partial charge in [0.25, 0.3) is 10.0 Å². The van der Waals surface area contributed by atoms with Crippen molar-refractivity contribution in [2.45, 2.75) is 17.7 Å². The first-order valence-corrected chi connectivity index (χ1v) is 8.74. The first kappa shape index (κ1) is 14.1. The molecule has 3 aromatic rings. The third kappa shape index (κ3) is 2.08. The molecule has 1 aliphatic rings. The van der Waals surface area contributed by atoms with E-state index in [-0.39, 0.29) is 16.5 Å². The van der Waals surface area contributed by atoms with Gasteiger partial charge in [-0.15, -0.1) is 0 Å². The molecule has 4 rings (SSSR count). The molecule has 7 heteroatoms. The highest BCUT2D eigenvalue weighted by Gasteiger charge is 2.34. The van der Waals surface area contributed by atoms with Gasteiger partial charge in [0.1, 0.15) is 0 Å². The van der Waals surface area contributed by atoms with Crippen molar-refractivity contribution >= 4 is 26.7 Å². The molecule has 23 heavy (non-hydrogen) atoms. The van der Waals surface area contributed by atoms with Crippen molar-refractivity contribution in [1.82, 2.24) is 9.97 Å². The van der Waals surface area contributed by atoms with Gasteiger partial charge >= 0.3 is 5.69 Å². The van der Waals surface area contributed by atoms with Gasteiger partial charge in [-0.1, -0.05) is 25.1 Å². The molecule has 1 unspecified atom stereocenters. The van der Waals surface area contributed by atoms with Crippen LogP contribution in [0.15, 0.2) is 52.2 Å². The minimum atomic E-state index is -3.67. The molecular weight excluding hydrogens is 314 g/mol. The SMILES string of the molecule is CC1CN(S(=O)(=O)c2ccc3[nH]c(=O)[nH]c3c2)c2ccccc21. The second-order valence-corrected chi connectivity index (χ2v) is 7.64. The van der Waals surface area contributed by atoms with Crippen LogP contribution in [-0.4, -0.2) is 24.9 Å². The maximum absolute atomic E-state index is 13.0. The summed E-state index contributed by atoms with van der Waals surface area (Å²) in [6.07, 6.45) is 0. The van der Waals surface area contributed by atoms with E-state index in [9.17, 15) is 13.2 Å². The summed E-state index contributed by atoms with van der Waals surface area (Å²) in [5.41, 5.74) is 2.48. The van der Waals surface area contributed by atoms with Crippen LogP contribution < -0.4 is 9.99 Å². The predicted octanol–water partition coefficient (Wildman–Crippen LogP) is 2.17. The third-order valence-corrected chi connectivity index (χ3v) is 6.03. The number of nitrogens with zero attached hydrogens (tertiary/aromatic N) is 1. The number of hydrogen-bond acceptors (Lipinski definition) is 3. The Bertz CT molecular complexity index is 1070. The molecule has 2 N–H and O–H groups in total. The lowest BCUT2D eigenvalue weighted by Gasteiger charge is -2.19. The van der Waals surface area contributed by atoms with Gasteiger partial charge < -0.3 is 9.97 Å². The number of aromatic amines is 2. The fourth-order valence-corrected chi connectivity index (χ4v) is 4.71. The largest absolute Gasteiger partial charge is 0.323 e. The molecule has 0 radical (unpaired) electrons. The molecule has 1 aromatic heterocycles. The number of aromatic nitrogens is 2. The highest BCUT2D eigenvalue weighted by Crippen LogP contribution is 2.39. The normalized spacial score (nSPS) is 17.6. The lowest BCUT2D eigenvalue weighted by molar-refractivity contribution is 0.590. The van der Waals surface area contributed by atoms with Crippen molar-refractivity contribution in [2.24, 2.45) is 0 Å². The molecular formula is C16H15N3O3S. The number of sulfonamides is 1. The summed E-state index contributed by atoms with van der Waals surface area (Å²) in [6.45, 7) is 2.44. The van der Waals surface area contributed by atoms with E-state index in [1.807, 2.05) is 31.2 Å². The second-order valence-electron chi connectivity index (χ2n) is 5.78. The molecule has 1 atom stereocenters. The molecule has 6 nitrogen and oxygen atoms in total. The van der Waals surface area contributed by atoms with Crippen molar-refractivity contribution < 1.29 is 8.42 Å². The lowest BCUT2D eigenvalue weighted by atomic mass is 10.0. The van der Waals surface area contributed by atoms with Gasteiger partial charge in [-0.2, -0.15) is 0 Å². The van der Waals surface area contributed by atoms with Crippen molar-refractivity contribution in [3.05, 3.63) is 58.5 Å². The molecule has 0 saturated heterocycles. The van der Waals surface area contributed by atoms with Crippen molar-refractivity contribution in [2.75, 3.05) is 10.8 Å². The van der Waals surface area contributed by atoms with Crippen LogP contribution in [0, 0.1) is 0 Å². The van der Waals surface area contributed by atoms with Crippen molar-refractivity contribution in [1.29, 1.82) is 0 Å². The fraction of sp³-hybridized carbons (Fsp3) is 0.188.